The summed E-state index contributed by atoms with van der Waals surface area (Å²) in [6, 6.07) is 9.79. The molecule has 0 radical (unpaired) electrons. The van der Waals surface area contributed by atoms with Crippen LogP contribution < -0.4 is 5.73 Å². The summed E-state index contributed by atoms with van der Waals surface area (Å²) in [7, 11) is 0. The third-order valence-corrected chi connectivity index (χ3v) is 5.01. The van der Waals surface area contributed by atoms with E-state index in [1.807, 2.05) is 0 Å². The normalized spacial score (nSPS) is 29.6. The van der Waals surface area contributed by atoms with Gasteiger partial charge in [-0.05, 0) is 48.6 Å². The fourth-order valence-electron chi connectivity index (χ4n) is 3.51. The second-order valence-electron chi connectivity index (χ2n) is 6.20. The molecule has 0 bridgehead atoms. The molecule has 0 aliphatic heterocycles. The van der Waals surface area contributed by atoms with E-state index in [-0.39, 0.29) is 0 Å². The number of nitrogens with two attached hydrogens (primary N) is 1. The third kappa shape index (κ3) is 2.47. The number of hydrogen-bond acceptors (Lipinski definition) is 1. The Morgan fingerprint density at radius 2 is 1.39 bits per heavy atom. The van der Waals surface area contributed by atoms with Crippen LogP contribution in [-0.2, 0) is 0 Å². The van der Waals surface area contributed by atoms with Crippen molar-refractivity contribution in [1.29, 1.82) is 0 Å². The third-order valence-electron chi connectivity index (χ3n) is 5.01. The highest BCUT2D eigenvalue weighted by atomic mass is 14.7. The maximum Gasteiger partial charge on any atom is 0.0108 e. The predicted octanol–water partition coefficient (Wildman–Crippen LogP) is 4.33. The Hall–Kier alpha value is -0.820. The maximum absolute atomic E-state index is 6.35. The molecule has 1 aromatic carbocycles. The summed E-state index contributed by atoms with van der Waals surface area (Å²) in [4.78, 5) is 0. The highest BCUT2D eigenvalue weighted by Gasteiger charge is 2.23. The van der Waals surface area contributed by atoms with Gasteiger partial charge < -0.3 is 5.73 Å². The van der Waals surface area contributed by atoms with Crippen molar-refractivity contribution in [2.24, 2.45) is 5.73 Å². The summed E-state index contributed by atoms with van der Waals surface area (Å²) < 4.78 is 0. The summed E-state index contributed by atoms with van der Waals surface area (Å²) in [6.45, 7) is 0. The van der Waals surface area contributed by atoms with E-state index in [0.717, 1.165) is 5.92 Å². The van der Waals surface area contributed by atoms with Gasteiger partial charge in [0.1, 0.15) is 0 Å². The molecule has 2 atom stereocenters. The lowest BCUT2D eigenvalue weighted by Crippen LogP contribution is -2.27. The Bertz CT molecular complexity index is 377. The van der Waals surface area contributed by atoms with Crippen molar-refractivity contribution in [2.75, 3.05) is 0 Å². The van der Waals surface area contributed by atoms with E-state index in [4.69, 9.17) is 5.73 Å². The van der Waals surface area contributed by atoms with Crippen molar-refractivity contribution in [3.05, 3.63) is 35.4 Å². The molecule has 1 nitrogen and oxygen atoms in total. The highest BCUT2D eigenvalue weighted by molar-refractivity contribution is 5.29. The number of rotatable bonds is 2. The van der Waals surface area contributed by atoms with Crippen LogP contribution >= 0.6 is 0 Å². The molecular formula is C17H25N. The molecule has 2 unspecified atom stereocenters. The first-order valence-electron chi connectivity index (χ1n) is 7.70. The van der Waals surface area contributed by atoms with Crippen LogP contribution in [0.15, 0.2) is 24.3 Å². The molecule has 2 saturated carbocycles. The maximum atomic E-state index is 6.35. The van der Waals surface area contributed by atoms with Crippen LogP contribution in [0.1, 0.15) is 74.3 Å². The SMILES string of the molecule is NC1CCCCCC1c1ccc(C2CCC2)cc1. The van der Waals surface area contributed by atoms with Crippen molar-refractivity contribution >= 4 is 0 Å². The van der Waals surface area contributed by atoms with Crippen molar-refractivity contribution < 1.29 is 0 Å². The van der Waals surface area contributed by atoms with Gasteiger partial charge in [-0.15, -0.1) is 0 Å². The van der Waals surface area contributed by atoms with Crippen LogP contribution in [0.2, 0.25) is 0 Å². The van der Waals surface area contributed by atoms with E-state index in [2.05, 4.69) is 24.3 Å². The Morgan fingerprint density at radius 1 is 0.722 bits per heavy atom. The van der Waals surface area contributed by atoms with E-state index >= 15 is 0 Å². The topological polar surface area (TPSA) is 26.0 Å². The molecule has 2 N–H and O–H groups in total. The molecule has 1 aromatic rings. The second-order valence-corrected chi connectivity index (χ2v) is 6.20. The lowest BCUT2D eigenvalue weighted by atomic mass is 9.79. The first-order valence-corrected chi connectivity index (χ1v) is 7.70. The monoisotopic (exact) mass is 243 g/mol. The molecule has 0 saturated heterocycles. The van der Waals surface area contributed by atoms with Crippen molar-refractivity contribution in [2.45, 2.75) is 69.2 Å². The summed E-state index contributed by atoms with van der Waals surface area (Å²) in [5.41, 5.74) is 9.37. The average Bonchev–Trinajstić information content (AvgIpc) is 2.53. The van der Waals surface area contributed by atoms with Gasteiger partial charge in [0.05, 0.1) is 0 Å². The zero-order valence-corrected chi connectivity index (χ0v) is 11.3. The van der Waals surface area contributed by atoms with Crippen LogP contribution in [0.3, 0.4) is 0 Å². The van der Waals surface area contributed by atoms with Crippen molar-refractivity contribution in [1.82, 2.24) is 0 Å². The molecular weight excluding hydrogens is 218 g/mol. The number of benzene rings is 1. The minimum absolute atomic E-state index is 0.377. The average molecular weight is 243 g/mol. The molecule has 3 rings (SSSR count). The van der Waals surface area contributed by atoms with Gasteiger partial charge in [0.2, 0.25) is 0 Å². The van der Waals surface area contributed by atoms with Gasteiger partial charge in [-0.1, -0.05) is 49.9 Å². The van der Waals surface area contributed by atoms with Gasteiger partial charge in [0.15, 0.2) is 0 Å². The van der Waals surface area contributed by atoms with E-state index in [9.17, 15) is 0 Å². The Kier molecular flexibility index (Phi) is 3.69. The van der Waals surface area contributed by atoms with Gasteiger partial charge in [0, 0.05) is 6.04 Å². The quantitative estimate of drug-likeness (QED) is 0.769. The first kappa shape index (κ1) is 12.2. The minimum Gasteiger partial charge on any atom is -0.327 e. The largest absolute Gasteiger partial charge is 0.327 e. The van der Waals surface area contributed by atoms with Crippen LogP contribution in [-0.4, -0.2) is 6.04 Å². The van der Waals surface area contributed by atoms with Crippen LogP contribution in [0.4, 0.5) is 0 Å². The molecule has 2 fully saturated rings. The first-order chi connectivity index (χ1) is 8.84. The lowest BCUT2D eigenvalue weighted by Gasteiger charge is -2.27. The van der Waals surface area contributed by atoms with Crippen LogP contribution in [0, 0.1) is 0 Å². The molecule has 1 heteroatoms. The van der Waals surface area contributed by atoms with Crippen molar-refractivity contribution in [3.8, 4) is 0 Å². The predicted molar refractivity (Wildman–Crippen MR) is 76.8 cm³/mol. The molecule has 0 spiro atoms. The highest BCUT2D eigenvalue weighted by Crippen LogP contribution is 2.37. The molecule has 0 heterocycles. The minimum atomic E-state index is 0.377. The molecule has 18 heavy (non-hydrogen) atoms. The zero-order valence-electron chi connectivity index (χ0n) is 11.3. The molecule has 0 amide bonds. The Balaban J connectivity index is 1.74. The fraction of sp³-hybridized carbons (Fsp3) is 0.647. The fourth-order valence-corrected chi connectivity index (χ4v) is 3.51. The van der Waals surface area contributed by atoms with Gasteiger partial charge in [-0.25, -0.2) is 0 Å². The molecule has 0 aromatic heterocycles. The molecule has 2 aliphatic carbocycles. The Labute approximate surface area is 111 Å². The van der Waals surface area contributed by atoms with Gasteiger partial charge in [-0.3, -0.25) is 0 Å². The Morgan fingerprint density at radius 3 is 2.06 bits per heavy atom. The lowest BCUT2D eigenvalue weighted by molar-refractivity contribution is 0.419. The van der Waals surface area contributed by atoms with Crippen LogP contribution in [0.25, 0.3) is 0 Å². The van der Waals surface area contributed by atoms with E-state index in [1.165, 1.54) is 56.9 Å². The standard InChI is InChI=1S/C17H25N/c18-17-8-3-1-2-7-16(17)15-11-9-14(10-12-15)13-5-4-6-13/h9-13,16-17H,1-8,18H2. The zero-order chi connectivity index (χ0) is 12.4. The van der Waals surface area contributed by atoms with Crippen molar-refractivity contribution in [3.63, 3.8) is 0 Å². The van der Waals surface area contributed by atoms with Gasteiger partial charge in [-0.2, -0.15) is 0 Å². The van der Waals surface area contributed by atoms with Crippen LogP contribution in [0.5, 0.6) is 0 Å². The molecule has 2 aliphatic rings. The van der Waals surface area contributed by atoms with E-state index in [0.29, 0.717) is 12.0 Å². The summed E-state index contributed by atoms with van der Waals surface area (Å²) in [5.74, 6) is 1.45. The van der Waals surface area contributed by atoms with E-state index in [1.54, 1.807) is 5.56 Å². The smallest absolute Gasteiger partial charge is 0.0108 e. The second kappa shape index (κ2) is 5.44. The summed E-state index contributed by atoms with van der Waals surface area (Å²) in [6.07, 6.45) is 10.7. The summed E-state index contributed by atoms with van der Waals surface area (Å²) in [5, 5.41) is 0. The molecule has 98 valence electrons. The number of hydrogen-bond donors (Lipinski definition) is 1. The summed E-state index contributed by atoms with van der Waals surface area (Å²) >= 11 is 0. The van der Waals surface area contributed by atoms with Gasteiger partial charge in [0.25, 0.3) is 0 Å². The van der Waals surface area contributed by atoms with E-state index < -0.39 is 0 Å². The van der Waals surface area contributed by atoms with Gasteiger partial charge >= 0.3 is 0 Å².